The van der Waals surface area contributed by atoms with Crippen molar-refractivity contribution in [2.75, 3.05) is 20.1 Å². The number of likely N-dealkylation sites (N-methyl/N-ethyl adjacent to an activating group) is 1. The Balaban J connectivity index is 0.00000161. The molecule has 0 aliphatic carbocycles. The van der Waals surface area contributed by atoms with Crippen molar-refractivity contribution in [3.8, 4) is 11.3 Å². The van der Waals surface area contributed by atoms with Gasteiger partial charge in [-0.25, -0.2) is 0 Å². The van der Waals surface area contributed by atoms with E-state index in [-0.39, 0.29) is 12.4 Å². The molecular formula is C16H23ClN4. The molecule has 1 unspecified atom stereocenters. The highest BCUT2D eigenvalue weighted by atomic mass is 35.5. The topological polar surface area (TPSA) is 44.0 Å². The van der Waals surface area contributed by atoms with E-state index in [1.165, 1.54) is 30.6 Å². The number of benzene rings is 1. The van der Waals surface area contributed by atoms with E-state index in [1.54, 1.807) is 0 Å². The standard InChI is InChI=1S/C16H22N4.ClH/c1-17-14-8-5-9-20(11-14)12-15-10-16(19-18-15)13-6-3-2-4-7-13;/h2-4,6-7,10,14,17H,5,8-9,11-12H2,1H3,(H,18,19);1H. The average molecular weight is 307 g/mol. The fourth-order valence-electron chi connectivity index (χ4n) is 2.88. The molecule has 114 valence electrons. The van der Waals surface area contributed by atoms with Crippen LogP contribution in [-0.2, 0) is 6.54 Å². The molecule has 0 bridgehead atoms. The summed E-state index contributed by atoms with van der Waals surface area (Å²) in [5.41, 5.74) is 3.39. The van der Waals surface area contributed by atoms with Gasteiger partial charge in [-0.3, -0.25) is 10.00 Å². The maximum Gasteiger partial charge on any atom is 0.0924 e. The van der Waals surface area contributed by atoms with Crippen molar-refractivity contribution in [3.63, 3.8) is 0 Å². The lowest BCUT2D eigenvalue weighted by molar-refractivity contribution is 0.186. The van der Waals surface area contributed by atoms with Crippen LogP contribution in [0.25, 0.3) is 11.3 Å². The summed E-state index contributed by atoms with van der Waals surface area (Å²) < 4.78 is 0. The van der Waals surface area contributed by atoms with E-state index in [2.05, 4.69) is 45.7 Å². The maximum atomic E-state index is 4.42. The smallest absolute Gasteiger partial charge is 0.0924 e. The van der Waals surface area contributed by atoms with Gasteiger partial charge in [-0.15, -0.1) is 12.4 Å². The molecule has 0 saturated carbocycles. The number of nitrogens with zero attached hydrogens (tertiary/aromatic N) is 2. The van der Waals surface area contributed by atoms with Crippen molar-refractivity contribution in [1.82, 2.24) is 20.4 Å². The third kappa shape index (κ3) is 4.06. The first-order valence-electron chi connectivity index (χ1n) is 7.34. The van der Waals surface area contributed by atoms with Gasteiger partial charge in [0.05, 0.1) is 5.69 Å². The predicted molar refractivity (Wildman–Crippen MR) is 88.6 cm³/mol. The zero-order valence-electron chi connectivity index (χ0n) is 12.4. The van der Waals surface area contributed by atoms with Gasteiger partial charge in [0.25, 0.3) is 0 Å². The van der Waals surface area contributed by atoms with Crippen LogP contribution in [0.4, 0.5) is 0 Å². The molecule has 0 spiro atoms. The Bertz CT molecular complexity index is 540. The quantitative estimate of drug-likeness (QED) is 0.913. The zero-order chi connectivity index (χ0) is 13.8. The molecule has 4 nitrogen and oxygen atoms in total. The second-order valence-electron chi connectivity index (χ2n) is 5.51. The third-order valence-corrected chi connectivity index (χ3v) is 4.01. The van der Waals surface area contributed by atoms with Gasteiger partial charge in [-0.1, -0.05) is 30.3 Å². The summed E-state index contributed by atoms with van der Waals surface area (Å²) in [5.74, 6) is 0. The lowest BCUT2D eigenvalue weighted by atomic mass is 10.1. The molecule has 2 aromatic rings. The van der Waals surface area contributed by atoms with Gasteiger partial charge in [-0.2, -0.15) is 5.10 Å². The van der Waals surface area contributed by atoms with E-state index in [4.69, 9.17) is 0 Å². The first kappa shape index (κ1) is 16.0. The fourth-order valence-corrected chi connectivity index (χ4v) is 2.88. The van der Waals surface area contributed by atoms with Gasteiger partial charge in [0.15, 0.2) is 0 Å². The molecule has 0 radical (unpaired) electrons. The van der Waals surface area contributed by atoms with Gasteiger partial charge in [0.1, 0.15) is 0 Å². The molecule has 2 heterocycles. The molecule has 1 aromatic carbocycles. The SMILES string of the molecule is CNC1CCCN(Cc2cc(-c3ccccc3)n[nH]2)C1.Cl. The number of halogens is 1. The largest absolute Gasteiger partial charge is 0.316 e. The number of aromatic amines is 1. The van der Waals surface area contributed by atoms with E-state index in [0.717, 1.165) is 18.8 Å². The Kier molecular flexibility index (Phi) is 5.79. The zero-order valence-corrected chi connectivity index (χ0v) is 13.2. The molecule has 1 aliphatic heterocycles. The molecule has 5 heteroatoms. The summed E-state index contributed by atoms with van der Waals surface area (Å²) >= 11 is 0. The highest BCUT2D eigenvalue weighted by Gasteiger charge is 2.19. The minimum Gasteiger partial charge on any atom is -0.316 e. The molecule has 1 saturated heterocycles. The number of H-pyrrole nitrogens is 1. The van der Waals surface area contributed by atoms with Crippen LogP contribution in [0, 0.1) is 0 Å². The minimum atomic E-state index is 0. The van der Waals surface area contributed by atoms with Crippen LogP contribution >= 0.6 is 12.4 Å². The number of likely N-dealkylation sites (tertiary alicyclic amines) is 1. The lowest BCUT2D eigenvalue weighted by Gasteiger charge is -2.32. The van der Waals surface area contributed by atoms with Crippen LogP contribution in [0.2, 0.25) is 0 Å². The summed E-state index contributed by atoms with van der Waals surface area (Å²) in [6.45, 7) is 3.26. The van der Waals surface area contributed by atoms with Crippen LogP contribution in [0.1, 0.15) is 18.5 Å². The Morgan fingerprint density at radius 2 is 2.14 bits per heavy atom. The predicted octanol–water partition coefficient (Wildman–Crippen LogP) is 2.68. The average Bonchev–Trinajstić information content (AvgIpc) is 2.97. The number of piperidine rings is 1. The third-order valence-electron chi connectivity index (χ3n) is 4.01. The second-order valence-corrected chi connectivity index (χ2v) is 5.51. The van der Waals surface area contributed by atoms with Gasteiger partial charge in [0.2, 0.25) is 0 Å². The Morgan fingerprint density at radius 1 is 1.33 bits per heavy atom. The van der Waals surface area contributed by atoms with Crippen LogP contribution in [0.15, 0.2) is 36.4 Å². The van der Waals surface area contributed by atoms with E-state index in [0.29, 0.717) is 6.04 Å². The fraction of sp³-hybridized carbons (Fsp3) is 0.438. The van der Waals surface area contributed by atoms with Crippen LogP contribution in [0.3, 0.4) is 0 Å². The monoisotopic (exact) mass is 306 g/mol. The van der Waals surface area contributed by atoms with Gasteiger partial charge < -0.3 is 5.32 Å². The summed E-state index contributed by atoms with van der Waals surface area (Å²) in [4.78, 5) is 2.49. The molecule has 1 aliphatic rings. The van der Waals surface area contributed by atoms with E-state index < -0.39 is 0 Å². The van der Waals surface area contributed by atoms with Crippen molar-refractivity contribution in [3.05, 3.63) is 42.1 Å². The highest BCUT2D eigenvalue weighted by molar-refractivity contribution is 5.85. The second kappa shape index (κ2) is 7.59. The Labute approximate surface area is 132 Å². The van der Waals surface area contributed by atoms with Gasteiger partial charge in [0, 0.05) is 30.4 Å². The molecule has 3 rings (SSSR count). The molecule has 21 heavy (non-hydrogen) atoms. The number of hydrogen-bond donors (Lipinski definition) is 2. The van der Waals surface area contributed by atoms with E-state index in [1.807, 2.05) is 18.2 Å². The number of hydrogen-bond acceptors (Lipinski definition) is 3. The first-order valence-corrected chi connectivity index (χ1v) is 7.34. The maximum absolute atomic E-state index is 4.42. The molecule has 1 fully saturated rings. The van der Waals surface area contributed by atoms with Gasteiger partial charge in [-0.05, 0) is 32.5 Å². The normalized spacial score (nSPS) is 19.2. The Hall–Kier alpha value is -1.36. The molecule has 0 amide bonds. The van der Waals surface area contributed by atoms with Crippen molar-refractivity contribution < 1.29 is 0 Å². The lowest BCUT2D eigenvalue weighted by Crippen LogP contribution is -2.43. The van der Waals surface area contributed by atoms with E-state index in [9.17, 15) is 0 Å². The number of nitrogens with one attached hydrogen (secondary N) is 2. The van der Waals surface area contributed by atoms with Crippen LogP contribution in [-0.4, -0.2) is 41.3 Å². The van der Waals surface area contributed by atoms with Crippen molar-refractivity contribution in [2.24, 2.45) is 0 Å². The molecule has 1 atom stereocenters. The highest BCUT2D eigenvalue weighted by Crippen LogP contribution is 2.19. The van der Waals surface area contributed by atoms with Crippen LogP contribution < -0.4 is 5.32 Å². The summed E-state index contributed by atoms with van der Waals surface area (Å²) in [7, 11) is 2.05. The number of aromatic nitrogens is 2. The van der Waals surface area contributed by atoms with Crippen molar-refractivity contribution in [2.45, 2.75) is 25.4 Å². The van der Waals surface area contributed by atoms with Crippen LogP contribution in [0.5, 0.6) is 0 Å². The van der Waals surface area contributed by atoms with Gasteiger partial charge >= 0.3 is 0 Å². The molecule has 2 N–H and O–H groups in total. The van der Waals surface area contributed by atoms with Crippen molar-refractivity contribution in [1.29, 1.82) is 0 Å². The summed E-state index contributed by atoms with van der Waals surface area (Å²) in [6.07, 6.45) is 2.55. The first-order chi connectivity index (χ1) is 9.85. The summed E-state index contributed by atoms with van der Waals surface area (Å²) in [6, 6.07) is 13.1. The van der Waals surface area contributed by atoms with Crippen molar-refractivity contribution >= 4 is 12.4 Å². The molecule has 1 aromatic heterocycles. The number of rotatable bonds is 4. The van der Waals surface area contributed by atoms with E-state index >= 15 is 0 Å². The summed E-state index contributed by atoms with van der Waals surface area (Å²) in [5, 5.41) is 11.0. The minimum absolute atomic E-state index is 0. The molecular weight excluding hydrogens is 284 g/mol. The Morgan fingerprint density at radius 3 is 2.90 bits per heavy atom.